The Morgan fingerprint density at radius 1 is 1.06 bits per heavy atom. The van der Waals surface area contributed by atoms with Crippen LogP contribution in [0.2, 0.25) is 0 Å². The molecule has 0 saturated carbocycles. The molecule has 1 aromatic heterocycles. The summed E-state index contributed by atoms with van der Waals surface area (Å²) >= 11 is 0. The molecule has 0 saturated heterocycles. The molecule has 0 aliphatic carbocycles. The number of ether oxygens (including phenoxy) is 3. The maximum absolute atomic E-state index is 12.4. The van der Waals surface area contributed by atoms with Crippen LogP contribution < -0.4 is 9.47 Å². The van der Waals surface area contributed by atoms with E-state index in [0.29, 0.717) is 35.9 Å². The number of methoxy groups -OCH3 is 2. The smallest absolute Gasteiger partial charge is 0.306 e. The van der Waals surface area contributed by atoms with E-state index >= 15 is 0 Å². The number of esters is 1. The summed E-state index contributed by atoms with van der Waals surface area (Å²) in [5, 5.41) is 9.70. The number of amides is 1. The van der Waals surface area contributed by atoms with Crippen molar-refractivity contribution in [1.82, 2.24) is 15.1 Å². The van der Waals surface area contributed by atoms with Crippen LogP contribution >= 0.6 is 0 Å². The Morgan fingerprint density at radius 2 is 1.88 bits per heavy atom. The molecule has 10 nitrogen and oxygen atoms in total. The van der Waals surface area contributed by atoms with E-state index in [1.165, 1.54) is 12.1 Å². The molecule has 3 aromatic rings. The van der Waals surface area contributed by atoms with Gasteiger partial charge in [0.25, 0.3) is 5.89 Å². The van der Waals surface area contributed by atoms with Gasteiger partial charge in [-0.2, -0.15) is 10.1 Å². The fourth-order valence-electron chi connectivity index (χ4n) is 3.43. The fourth-order valence-corrected chi connectivity index (χ4v) is 3.43. The van der Waals surface area contributed by atoms with E-state index in [9.17, 15) is 9.59 Å². The molecule has 10 heteroatoms. The van der Waals surface area contributed by atoms with Crippen molar-refractivity contribution in [1.29, 1.82) is 0 Å². The third kappa shape index (κ3) is 5.40. The Morgan fingerprint density at radius 3 is 2.65 bits per heavy atom. The summed E-state index contributed by atoms with van der Waals surface area (Å²) in [6.07, 6.45) is 0.611. The van der Waals surface area contributed by atoms with Crippen LogP contribution in [0.25, 0.3) is 11.4 Å². The number of carbonyl (C=O) groups excluding carboxylic acids is 2. The molecule has 0 radical (unpaired) electrons. The molecule has 0 bridgehead atoms. The van der Waals surface area contributed by atoms with Gasteiger partial charge in [-0.3, -0.25) is 9.59 Å². The highest BCUT2D eigenvalue weighted by Crippen LogP contribution is 2.31. The van der Waals surface area contributed by atoms with Crippen molar-refractivity contribution in [2.24, 2.45) is 5.10 Å². The molecule has 2 aromatic carbocycles. The zero-order chi connectivity index (χ0) is 23.9. The lowest BCUT2D eigenvalue weighted by Gasteiger charge is -2.10. The number of hydrogen-bond acceptors (Lipinski definition) is 9. The van der Waals surface area contributed by atoms with Crippen molar-refractivity contribution >= 4 is 17.6 Å². The Balaban J connectivity index is 1.26. The van der Waals surface area contributed by atoms with Crippen molar-refractivity contribution in [2.45, 2.75) is 25.9 Å². The molecule has 34 heavy (non-hydrogen) atoms. The van der Waals surface area contributed by atoms with Crippen molar-refractivity contribution in [3.8, 4) is 22.9 Å². The van der Waals surface area contributed by atoms with Crippen LogP contribution in [0, 0.1) is 0 Å². The molecule has 0 N–H and O–H groups in total. The highest BCUT2D eigenvalue weighted by molar-refractivity contribution is 6.02. The normalized spacial score (nSPS) is 12.9. The number of rotatable bonds is 9. The Kier molecular flexibility index (Phi) is 7.16. The number of hydrazone groups is 1. The lowest BCUT2D eigenvalue weighted by atomic mass is 10.1. The summed E-state index contributed by atoms with van der Waals surface area (Å²) in [5.41, 5.74) is 2.46. The van der Waals surface area contributed by atoms with Gasteiger partial charge in [0.2, 0.25) is 11.7 Å². The number of carbonyl (C=O) groups is 2. The molecule has 1 aliphatic heterocycles. The van der Waals surface area contributed by atoms with E-state index in [-0.39, 0.29) is 31.2 Å². The highest BCUT2D eigenvalue weighted by atomic mass is 16.6. The summed E-state index contributed by atoms with van der Waals surface area (Å²) in [6.45, 7) is 0.302. The number of benzene rings is 2. The van der Waals surface area contributed by atoms with E-state index in [1.54, 1.807) is 25.3 Å². The Bertz CT molecular complexity index is 1190. The van der Waals surface area contributed by atoms with Crippen LogP contribution in [0.5, 0.6) is 11.5 Å². The minimum atomic E-state index is -0.540. The van der Waals surface area contributed by atoms with Gasteiger partial charge in [0, 0.05) is 18.9 Å². The second-order valence-corrected chi connectivity index (χ2v) is 7.42. The lowest BCUT2D eigenvalue weighted by Crippen LogP contribution is -2.24. The minimum absolute atomic E-state index is 0.00251. The van der Waals surface area contributed by atoms with Gasteiger partial charge in [-0.15, -0.1) is 0 Å². The average molecular weight is 464 g/mol. The fraction of sp³-hybridized carbons (Fsp3) is 0.292. The number of nitrogens with zero attached hydrogens (tertiary/aromatic N) is 4. The third-order valence-electron chi connectivity index (χ3n) is 5.21. The first-order valence-electron chi connectivity index (χ1n) is 10.7. The van der Waals surface area contributed by atoms with Crippen molar-refractivity contribution in [3.63, 3.8) is 0 Å². The van der Waals surface area contributed by atoms with Gasteiger partial charge in [-0.1, -0.05) is 35.5 Å². The average Bonchev–Trinajstić information content (AvgIpc) is 3.56. The molecule has 0 atom stereocenters. The molecular weight excluding hydrogens is 440 g/mol. The quantitative estimate of drug-likeness (QED) is 0.443. The first kappa shape index (κ1) is 23.0. The molecule has 0 fully saturated rings. The van der Waals surface area contributed by atoms with Gasteiger partial charge in [-0.05, 0) is 17.7 Å². The summed E-state index contributed by atoms with van der Waals surface area (Å²) in [6, 6.07) is 14.9. The minimum Gasteiger partial charge on any atom is -0.497 e. The maximum atomic E-state index is 12.4. The molecule has 2 heterocycles. The van der Waals surface area contributed by atoms with E-state index in [2.05, 4.69) is 15.2 Å². The Labute approximate surface area is 196 Å². The predicted octanol–water partition coefficient (Wildman–Crippen LogP) is 3.21. The molecule has 0 unspecified atom stereocenters. The van der Waals surface area contributed by atoms with Crippen molar-refractivity contribution < 1.29 is 28.3 Å². The zero-order valence-electron chi connectivity index (χ0n) is 18.9. The second kappa shape index (κ2) is 10.6. The topological polar surface area (TPSA) is 116 Å². The van der Waals surface area contributed by atoms with Crippen molar-refractivity contribution in [3.05, 3.63) is 60.0 Å². The SMILES string of the molecule is COc1ccc(-c2noc(COC(=O)CCC(=O)N3CCC(c4ccccc4)=N3)n2)c(OC)c1. The molecule has 4 rings (SSSR count). The van der Waals surface area contributed by atoms with Crippen LogP contribution in [0.15, 0.2) is 58.2 Å². The maximum Gasteiger partial charge on any atom is 0.306 e. The number of hydrogen-bond donors (Lipinski definition) is 0. The Hall–Kier alpha value is -4.21. The number of aromatic nitrogens is 2. The summed E-state index contributed by atoms with van der Waals surface area (Å²) in [7, 11) is 3.08. The summed E-state index contributed by atoms with van der Waals surface area (Å²) in [4.78, 5) is 28.8. The van der Waals surface area contributed by atoms with Gasteiger partial charge in [-0.25, -0.2) is 5.01 Å². The van der Waals surface area contributed by atoms with Crippen LogP contribution in [0.3, 0.4) is 0 Å². The molecule has 1 aliphatic rings. The van der Waals surface area contributed by atoms with Gasteiger partial charge >= 0.3 is 5.97 Å². The van der Waals surface area contributed by atoms with Crippen LogP contribution in [-0.4, -0.2) is 53.5 Å². The van der Waals surface area contributed by atoms with Crippen molar-refractivity contribution in [2.75, 3.05) is 20.8 Å². The molecule has 0 spiro atoms. The first-order valence-corrected chi connectivity index (χ1v) is 10.7. The standard InChI is InChI=1S/C24H24N4O6/c1-31-17-8-9-18(20(14-17)32-2)24-25-21(34-27-24)15-33-23(30)11-10-22(29)28-13-12-19(26-28)16-6-4-3-5-7-16/h3-9,14H,10-13,15H2,1-2H3. The van der Waals surface area contributed by atoms with E-state index < -0.39 is 5.97 Å². The monoisotopic (exact) mass is 464 g/mol. The predicted molar refractivity (Wildman–Crippen MR) is 121 cm³/mol. The van der Waals surface area contributed by atoms with E-state index in [4.69, 9.17) is 18.7 Å². The van der Waals surface area contributed by atoms with E-state index in [1.807, 2.05) is 30.3 Å². The third-order valence-corrected chi connectivity index (χ3v) is 5.21. The molecular formula is C24H24N4O6. The zero-order valence-corrected chi connectivity index (χ0v) is 18.9. The molecule has 1 amide bonds. The lowest BCUT2D eigenvalue weighted by molar-refractivity contribution is -0.147. The van der Waals surface area contributed by atoms with Gasteiger partial charge in [0.15, 0.2) is 6.61 Å². The first-order chi connectivity index (χ1) is 16.6. The van der Waals surface area contributed by atoms with E-state index in [0.717, 1.165) is 11.3 Å². The summed E-state index contributed by atoms with van der Waals surface area (Å²) < 4.78 is 20.9. The molecule has 176 valence electrons. The van der Waals surface area contributed by atoms with Crippen LogP contribution in [0.4, 0.5) is 0 Å². The second-order valence-electron chi connectivity index (χ2n) is 7.42. The van der Waals surface area contributed by atoms with Gasteiger partial charge in [0.1, 0.15) is 11.5 Å². The van der Waals surface area contributed by atoms with Gasteiger partial charge in [0.05, 0.1) is 38.5 Å². The highest BCUT2D eigenvalue weighted by Gasteiger charge is 2.22. The summed E-state index contributed by atoms with van der Waals surface area (Å²) in [5.74, 6) is 0.799. The van der Waals surface area contributed by atoms with Crippen LogP contribution in [0.1, 0.15) is 30.7 Å². The van der Waals surface area contributed by atoms with Gasteiger partial charge < -0.3 is 18.7 Å². The largest absolute Gasteiger partial charge is 0.497 e. The van der Waals surface area contributed by atoms with Crippen LogP contribution in [-0.2, 0) is 20.9 Å².